The van der Waals surface area contributed by atoms with Crippen molar-refractivity contribution < 1.29 is 38.8 Å². The van der Waals surface area contributed by atoms with Crippen LogP contribution in [0.2, 0.25) is 0 Å². The van der Waals surface area contributed by atoms with Crippen LogP contribution in [0.4, 0.5) is 0 Å². The molecule has 0 saturated heterocycles. The van der Waals surface area contributed by atoms with Gasteiger partial charge in [-0.05, 0) is 42.7 Å². The van der Waals surface area contributed by atoms with Gasteiger partial charge in [0.1, 0.15) is 12.2 Å². The average Bonchev–Trinajstić information content (AvgIpc) is 3.48. The number of carbonyl (C=O) groups is 2. The van der Waals surface area contributed by atoms with E-state index in [2.05, 4.69) is 5.32 Å². The molecule has 0 radical (unpaired) electrons. The normalized spacial score (nSPS) is 24.3. The van der Waals surface area contributed by atoms with Crippen molar-refractivity contribution in [2.75, 3.05) is 20.3 Å². The van der Waals surface area contributed by atoms with Crippen LogP contribution in [-0.2, 0) is 22.7 Å². The third-order valence-electron chi connectivity index (χ3n) is 7.00. The molecule has 1 fully saturated rings. The second kappa shape index (κ2) is 9.96. The molecule has 10 nitrogen and oxygen atoms in total. The van der Waals surface area contributed by atoms with Crippen LogP contribution in [0.1, 0.15) is 35.4 Å². The standard InChI is InChI=1S/C26H30N2O8/c1-34-20-9-15(12-30)8-17-21-18(25(32)27-5-6-29)10-19(22(31)24(21)36-23(17)20)28(26(33)16-2-3-16)11-14-4-7-35-13-14/h4,7-10,13,16,19,21-22,24,29-31H,2-3,5-6,11-12H2,1H3,(H,27,32)/t19-,21+,22+,24+/m1/s1. The molecule has 10 heteroatoms. The highest BCUT2D eigenvalue weighted by molar-refractivity contribution is 5.96. The highest BCUT2D eigenvalue weighted by atomic mass is 16.5. The summed E-state index contributed by atoms with van der Waals surface area (Å²) in [6.07, 6.45) is 4.26. The molecule has 36 heavy (non-hydrogen) atoms. The van der Waals surface area contributed by atoms with E-state index in [-0.39, 0.29) is 38.1 Å². The number of aliphatic hydroxyl groups excluding tert-OH is 3. The Morgan fingerprint density at radius 1 is 1.22 bits per heavy atom. The monoisotopic (exact) mass is 498 g/mol. The minimum atomic E-state index is -1.14. The Hall–Kier alpha value is -3.34. The topological polar surface area (TPSA) is 142 Å². The molecule has 1 aliphatic heterocycles. The quantitative estimate of drug-likeness (QED) is 0.399. The predicted molar refractivity (Wildman–Crippen MR) is 126 cm³/mol. The van der Waals surface area contributed by atoms with Gasteiger partial charge >= 0.3 is 0 Å². The highest BCUT2D eigenvalue weighted by Gasteiger charge is 2.52. The molecule has 0 spiro atoms. The molecule has 1 saturated carbocycles. The van der Waals surface area contributed by atoms with Gasteiger partial charge in [0.05, 0.1) is 44.8 Å². The zero-order valence-electron chi connectivity index (χ0n) is 19.9. The number of rotatable bonds is 9. The lowest BCUT2D eigenvalue weighted by atomic mass is 9.77. The Bertz CT molecular complexity index is 1160. The van der Waals surface area contributed by atoms with Crippen LogP contribution in [0.5, 0.6) is 11.5 Å². The molecule has 0 bridgehead atoms. The van der Waals surface area contributed by atoms with Gasteiger partial charge < -0.3 is 39.4 Å². The van der Waals surface area contributed by atoms with Crippen molar-refractivity contribution >= 4 is 11.8 Å². The molecule has 4 atom stereocenters. The average molecular weight is 499 g/mol. The number of benzene rings is 1. The Labute approximate surface area is 208 Å². The van der Waals surface area contributed by atoms with E-state index in [4.69, 9.17) is 13.9 Å². The van der Waals surface area contributed by atoms with Gasteiger partial charge in [0.25, 0.3) is 0 Å². The summed E-state index contributed by atoms with van der Waals surface area (Å²) < 4.78 is 16.9. The first-order chi connectivity index (χ1) is 17.5. The van der Waals surface area contributed by atoms with Gasteiger partial charge in [-0.1, -0.05) is 0 Å². The second-order valence-electron chi connectivity index (χ2n) is 9.39. The summed E-state index contributed by atoms with van der Waals surface area (Å²) in [6.45, 7) is -0.218. The maximum Gasteiger partial charge on any atom is 0.247 e. The number of nitrogens with one attached hydrogen (secondary N) is 1. The first kappa shape index (κ1) is 24.4. The largest absolute Gasteiger partial charge is 0.493 e. The highest BCUT2D eigenvalue weighted by Crippen LogP contribution is 2.51. The number of amides is 2. The number of hydrogen-bond donors (Lipinski definition) is 4. The number of methoxy groups -OCH3 is 1. The van der Waals surface area contributed by atoms with Crippen molar-refractivity contribution in [3.63, 3.8) is 0 Å². The summed E-state index contributed by atoms with van der Waals surface area (Å²) in [4.78, 5) is 28.2. The van der Waals surface area contributed by atoms with E-state index < -0.39 is 30.1 Å². The van der Waals surface area contributed by atoms with Crippen molar-refractivity contribution in [3.8, 4) is 11.5 Å². The third kappa shape index (κ3) is 4.36. The summed E-state index contributed by atoms with van der Waals surface area (Å²) >= 11 is 0. The van der Waals surface area contributed by atoms with Crippen molar-refractivity contribution in [2.45, 2.75) is 50.2 Å². The molecule has 3 aliphatic rings. The molecule has 1 aromatic carbocycles. The first-order valence-corrected chi connectivity index (χ1v) is 12.1. The Morgan fingerprint density at radius 3 is 2.67 bits per heavy atom. The van der Waals surface area contributed by atoms with E-state index in [1.807, 2.05) is 0 Å². The Balaban J connectivity index is 1.59. The van der Waals surface area contributed by atoms with Crippen LogP contribution < -0.4 is 14.8 Å². The first-order valence-electron chi connectivity index (χ1n) is 12.1. The van der Waals surface area contributed by atoms with E-state index >= 15 is 0 Å². The fraction of sp³-hybridized carbons (Fsp3) is 0.462. The molecule has 2 aliphatic carbocycles. The third-order valence-corrected chi connectivity index (χ3v) is 7.00. The lowest BCUT2D eigenvalue weighted by molar-refractivity contribution is -0.139. The van der Waals surface area contributed by atoms with Gasteiger partial charge in [0, 0.05) is 35.7 Å². The van der Waals surface area contributed by atoms with Crippen molar-refractivity contribution in [2.24, 2.45) is 5.92 Å². The van der Waals surface area contributed by atoms with Crippen LogP contribution in [0.15, 0.2) is 46.8 Å². The van der Waals surface area contributed by atoms with E-state index in [1.165, 1.54) is 13.4 Å². The summed E-state index contributed by atoms with van der Waals surface area (Å²) in [5.41, 5.74) is 2.27. The summed E-state index contributed by atoms with van der Waals surface area (Å²) in [6, 6.07) is 4.31. The molecule has 2 aromatic rings. The van der Waals surface area contributed by atoms with Crippen LogP contribution in [-0.4, -0.2) is 70.5 Å². The maximum atomic E-state index is 13.4. The number of carbonyl (C=O) groups excluding carboxylic acids is 2. The number of hydrogen-bond acceptors (Lipinski definition) is 8. The minimum absolute atomic E-state index is 0.0498. The number of nitrogens with zero attached hydrogens (tertiary/aromatic N) is 1. The summed E-state index contributed by atoms with van der Waals surface area (Å²) in [5.74, 6) is -0.522. The van der Waals surface area contributed by atoms with Crippen LogP contribution in [0.25, 0.3) is 0 Å². The van der Waals surface area contributed by atoms with Gasteiger partial charge in [-0.2, -0.15) is 0 Å². The predicted octanol–water partition coefficient (Wildman–Crippen LogP) is 0.842. The SMILES string of the molecule is COc1cc(CO)cc2c1O[C@@H]1[C@@H](O)[C@H](N(Cc3ccoc3)C(=O)C3CC3)C=C(C(=O)NCCO)[C@H]21. The molecule has 2 amide bonds. The van der Waals surface area contributed by atoms with E-state index in [1.54, 1.807) is 35.4 Å². The maximum absolute atomic E-state index is 13.4. The molecular weight excluding hydrogens is 468 g/mol. The zero-order chi connectivity index (χ0) is 25.4. The fourth-order valence-corrected chi connectivity index (χ4v) is 5.09. The molecule has 5 rings (SSSR count). The van der Waals surface area contributed by atoms with Gasteiger partial charge in [0.2, 0.25) is 11.8 Å². The lowest BCUT2D eigenvalue weighted by Gasteiger charge is -2.40. The Kier molecular flexibility index (Phi) is 6.74. The van der Waals surface area contributed by atoms with Gasteiger partial charge in [-0.25, -0.2) is 0 Å². The smallest absolute Gasteiger partial charge is 0.247 e. The van der Waals surface area contributed by atoms with Crippen LogP contribution in [0.3, 0.4) is 0 Å². The molecule has 192 valence electrons. The van der Waals surface area contributed by atoms with Crippen molar-refractivity contribution in [3.05, 3.63) is 59.1 Å². The van der Waals surface area contributed by atoms with E-state index in [0.29, 0.717) is 28.2 Å². The molecule has 2 heterocycles. The van der Waals surface area contributed by atoms with Crippen LogP contribution in [0, 0.1) is 5.92 Å². The van der Waals surface area contributed by atoms with Gasteiger partial charge in [-0.15, -0.1) is 0 Å². The number of fused-ring (bicyclic) bond motifs is 3. The molecular formula is C26H30N2O8. The van der Waals surface area contributed by atoms with E-state index in [0.717, 1.165) is 18.4 Å². The zero-order valence-corrected chi connectivity index (χ0v) is 19.9. The molecule has 1 aromatic heterocycles. The van der Waals surface area contributed by atoms with Crippen LogP contribution >= 0.6 is 0 Å². The number of furan rings is 1. The number of aliphatic hydroxyl groups is 3. The number of ether oxygens (including phenoxy) is 2. The summed E-state index contributed by atoms with van der Waals surface area (Å²) in [7, 11) is 1.48. The van der Waals surface area contributed by atoms with Gasteiger partial charge in [0.15, 0.2) is 11.5 Å². The lowest BCUT2D eigenvalue weighted by Crippen LogP contribution is -2.55. The van der Waals surface area contributed by atoms with Gasteiger partial charge in [-0.3, -0.25) is 9.59 Å². The summed E-state index contributed by atoms with van der Waals surface area (Å²) in [5, 5.41) is 33.3. The van der Waals surface area contributed by atoms with Crippen molar-refractivity contribution in [1.29, 1.82) is 0 Å². The molecule has 4 N–H and O–H groups in total. The minimum Gasteiger partial charge on any atom is -0.493 e. The fourth-order valence-electron chi connectivity index (χ4n) is 5.09. The van der Waals surface area contributed by atoms with Crippen molar-refractivity contribution in [1.82, 2.24) is 10.2 Å². The Morgan fingerprint density at radius 2 is 2.03 bits per heavy atom. The molecule has 0 unspecified atom stereocenters. The second-order valence-corrected chi connectivity index (χ2v) is 9.39. The van der Waals surface area contributed by atoms with E-state index in [9.17, 15) is 24.9 Å².